The number of carbonyl (C=O) groups excluding carboxylic acids is 3. The van der Waals surface area contributed by atoms with Gasteiger partial charge >= 0.3 is 11.9 Å². The van der Waals surface area contributed by atoms with E-state index >= 15 is 0 Å². The molecule has 41 heavy (non-hydrogen) atoms. The molecule has 9 nitrogen and oxygen atoms in total. The van der Waals surface area contributed by atoms with Gasteiger partial charge in [0.2, 0.25) is 11.8 Å². The summed E-state index contributed by atoms with van der Waals surface area (Å²) in [6.07, 6.45) is 3.20. The lowest BCUT2D eigenvalue weighted by Gasteiger charge is -2.24. The van der Waals surface area contributed by atoms with E-state index in [1.165, 1.54) is 6.92 Å². The molecular weight excluding hydrogens is 522 g/mol. The van der Waals surface area contributed by atoms with Gasteiger partial charge in [-0.2, -0.15) is 0 Å². The van der Waals surface area contributed by atoms with E-state index in [1.807, 2.05) is 68.4 Å². The predicted molar refractivity (Wildman–Crippen MR) is 159 cm³/mol. The van der Waals surface area contributed by atoms with Gasteiger partial charge in [-0.05, 0) is 42.4 Å². The Labute approximate surface area is 243 Å². The van der Waals surface area contributed by atoms with Crippen molar-refractivity contribution in [1.29, 1.82) is 0 Å². The van der Waals surface area contributed by atoms with Gasteiger partial charge in [-0.3, -0.25) is 19.2 Å². The highest BCUT2D eigenvalue weighted by Crippen LogP contribution is 2.20. The topological polar surface area (TPSA) is 148 Å². The molecule has 0 unspecified atom stereocenters. The first-order valence-corrected chi connectivity index (χ1v) is 14.5. The summed E-state index contributed by atoms with van der Waals surface area (Å²) in [7, 11) is 0. The molecule has 0 aliphatic heterocycles. The quantitative estimate of drug-likeness (QED) is 0.165. The largest absolute Gasteiger partial charge is 0.480 e. The van der Waals surface area contributed by atoms with Crippen molar-refractivity contribution in [3.8, 4) is 11.1 Å². The first-order chi connectivity index (χ1) is 19.5. The van der Waals surface area contributed by atoms with Crippen LogP contribution in [0.4, 0.5) is 0 Å². The number of hydrogen-bond donors (Lipinski definition) is 4. The third-order valence-electron chi connectivity index (χ3n) is 7.24. The SMILES string of the molecule is CCCCC[C@H](CC(=O)N[C@@H](Cc1ccc(-c2ccccc2)cc1)C(=O)N[C@@H](C)C(=O)O)OC(=O)[C@H](N)[C@@H](C)CC. The van der Waals surface area contributed by atoms with Crippen LogP contribution >= 0.6 is 0 Å². The van der Waals surface area contributed by atoms with E-state index in [0.29, 0.717) is 6.42 Å². The highest BCUT2D eigenvalue weighted by molar-refractivity contribution is 5.90. The average Bonchev–Trinajstić information content (AvgIpc) is 2.96. The van der Waals surface area contributed by atoms with Crippen molar-refractivity contribution in [2.45, 2.75) is 96.9 Å². The van der Waals surface area contributed by atoms with Crippen LogP contribution in [0, 0.1) is 5.92 Å². The Morgan fingerprint density at radius 3 is 2.12 bits per heavy atom. The fraction of sp³-hybridized carbons (Fsp3) is 0.500. The van der Waals surface area contributed by atoms with Gasteiger partial charge in [-0.25, -0.2) is 0 Å². The fourth-order valence-electron chi connectivity index (χ4n) is 4.30. The molecule has 0 aromatic heterocycles. The number of carboxylic acids is 1. The number of aliphatic carboxylic acids is 1. The minimum atomic E-state index is -1.18. The standard InChI is InChI=1S/C32H45N3O6/c1-5-7-9-14-26(41-32(40)29(33)21(3)6-2)20-28(36)35-27(30(37)34-22(4)31(38)39)19-23-15-17-25(18-16-23)24-12-10-8-11-13-24/h8,10-13,15-18,21-22,26-27,29H,5-7,9,14,19-20,33H2,1-4H3,(H,34,37)(H,35,36)(H,38,39)/t21-,22-,26+,27-,29+/m0/s1. The number of amides is 2. The highest BCUT2D eigenvalue weighted by atomic mass is 16.5. The normalized spacial score (nSPS) is 14.7. The van der Waals surface area contributed by atoms with Gasteiger partial charge < -0.3 is 26.2 Å². The summed E-state index contributed by atoms with van der Waals surface area (Å²) in [5, 5.41) is 14.5. The molecule has 224 valence electrons. The zero-order chi connectivity index (χ0) is 30.4. The second kappa shape index (κ2) is 17.2. The summed E-state index contributed by atoms with van der Waals surface area (Å²) in [5.74, 6) is -2.88. The maximum Gasteiger partial charge on any atom is 0.325 e. The number of nitrogens with one attached hydrogen (secondary N) is 2. The van der Waals surface area contributed by atoms with Crippen LogP contribution in [0.25, 0.3) is 11.1 Å². The molecule has 5 atom stereocenters. The first kappa shape index (κ1) is 33.5. The molecule has 2 amide bonds. The van der Waals surface area contributed by atoms with Gasteiger partial charge in [0, 0.05) is 6.42 Å². The van der Waals surface area contributed by atoms with E-state index in [-0.39, 0.29) is 18.8 Å². The molecule has 2 aromatic rings. The first-order valence-electron chi connectivity index (χ1n) is 14.5. The minimum absolute atomic E-state index is 0.0646. The lowest BCUT2D eigenvalue weighted by Crippen LogP contribution is -2.52. The predicted octanol–water partition coefficient (Wildman–Crippen LogP) is 4.23. The van der Waals surface area contributed by atoms with Crippen molar-refractivity contribution in [3.63, 3.8) is 0 Å². The smallest absolute Gasteiger partial charge is 0.325 e. The van der Waals surface area contributed by atoms with Crippen molar-refractivity contribution >= 4 is 23.8 Å². The van der Waals surface area contributed by atoms with Crippen LogP contribution in [-0.2, 0) is 30.3 Å². The molecule has 0 saturated carbocycles. The van der Waals surface area contributed by atoms with Gasteiger partial charge in [-0.15, -0.1) is 0 Å². The Hall–Kier alpha value is -3.72. The van der Waals surface area contributed by atoms with E-state index < -0.39 is 48.0 Å². The summed E-state index contributed by atoms with van der Waals surface area (Å²) in [5.41, 5.74) is 8.90. The van der Waals surface area contributed by atoms with Crippen molar-refractivity contribution in [2.24, 2.45) is 11.7 Å². The van der Waals surface area contributed by atoms with Crippen molar-refractivity contribution in [3.05, 3.63) is 60.2 Å². The van der Waals surface area contributed by atoms with Crippen LogP contribution in [-0.4, -0.2) is 53.1 Å². The van der Waals surface area contributed by atoms with Crippen LogP contribution < -0.4 is 16.4 Å². The second-order valence-corrected chi connectivity index (χ2v) is 10.6. The zero-order valence-corrected chi connectivity index (χ0v) is 24.6. The van der Waals surface area contributed by atoms with Gasteiger partial charge in [0.25, 0.3) is 0 Å². The van der Waals surface area contributed by atoms with Gasteiger partial charge in [0.1, 0.15) is 24.2 Å². The zero-order valence-electron chi connectivity index (χ0n) is 24.6. The Bertz CT molecular complexity index is 1120. The van der Waals surface area contributed by atoms with Gasteiger partial charge in [0.15, 0.2) is 0 Å². The molecule has 9 heteroatoms. The number of hydrogen-bond acceptors (Lipinski definition) is 6. The number of unbranched alkanes of at least 4 members (excludes halogenated alkanes) is 2. The second-order valence-electron chi connectivity index (χ2n) is 10.6. The molecule has 0 bridgehead atoms. The Morgan fingerprint density at radius 1 is 0.902 bits per heavy atom. The lowest BCUT2D eigenvalue weighted by atomic mass is 9.99. The number of carbonyl (C=O) groups is 4. The maximum atomic E-state index is 13.2. The number of nitrogens with two attached hydrogens (primary N) is 1. The Kier molecular flexibility index (Phi) is 14.0. The van der Waals surface area contributed by atoms with Crippen LogP contribution in [0.1, 0.15) is 71.8 Å². The summed E-state index contributed by atoms with van der Waals surface area (Å²) in [6.45, 7) is 7.23. The molecule has 2 aromatic carbocycles. The maximum absolute atomic E-state index is 13.2. The van der Waals surface area contributed by atoms with Gasteiger partial charge in [0.05, 0.1) is 6.42 Å². The van der Waals surface area contributed by atoms with Crippen LogP contribution in [0.3, 0.4) is 0 Å². The van der Waals surface area contributed by atoms with Gasteiger partial charge in [-0.1, -0.05) is 94.6 Å². The third kappa shape index (κ3) is 11.4. The highest BCUT2D eigenvalue weighted by Gasteiger charge is 2.28. The van der Waals surface area contributed by atoms with E-state index in [1.54, 1.807) is 0 Å². The van der Waals surface area contributed by atoms with Crippen LogP contribution in [0.5, 0.6) is 0 Å². The van der Waals surface area contributed by atoms with Crippen LogP contribution in [0.2, 0.25) is 0 Å². The van der Waals surface area contributed by atoms with Crippen molar-refractivity contribution in [1.82, 2.24) is 10.6 Å². The molecule has 2 rings (SSSR count). The number of ether oxygens (including phenoxy) is 1. The fourth-order valence-corrected chi connectivity index (χ4v) is 4.30. The minimum Gasteiger partial charge on any atom is -0.480 e. The monoisotopic (exact) mass is 567 g/mol. The lowest BCUT2D eigenvalue weighted by molar-refractivity contribution is -0.153. The number of esters is 1. The van der Waals surface area contributed by atoms with Crippen molar-refractivity contribution in [2.75, 3.05) is 0 Å². The summed E-state index contributed by atoms with van der Waals surface area (Å²) in [6, 6.07) is 14.5. The van der Waals surface area contributed by atoms with E-state index in [4.69, 9.17) is 10.5 Å². The molecule has 5 N–H and O–H groups in total. The van der Waals surface area contributed by atoms with E-state index in [2.05, 4.69) is 17.6 Å². The number of rotatable bonds is 17. The number of benzene rings is 2. The molecule has 0 heterocycles. The molecular formula is C32H45N3O6. The Morgan fingerprint density at radius 2 is 1.54 bits per heavy atom. The summed E-state index contributed by atoms with van der Waals surface area (Å²) < 4.78 is 5.66. The van der Waals surface area contributed by atoms with E-state index in [9.17, 15) is 24.3 Å². The molecule has 0 fully saturated rings. The third-order valence-corrected chi connectivity index (χ3v) is 7.24. The molecule has 0 saturated heterocycles. The average molecular weight is 568 g/mol. The summed E-state index contributed by atoms with van der Waals surface area (Å²) in [4.78, 5) is 50.2. The molecule has 0 aliphatic rings. The summed E-state index contributed by atoms with van der Waals surface area (Å²) >= 11 is 0. The molecule has 0 aliphatic carbocycles. The van der Waals surface area contributed by atoms with Crippen LogP contribution in [0.15, 0.2) is 54.6 Å². The molecule has 0 spiro atoms. The molecule has 0 radical (unpaired) electrons. The Balaban J connectivity index is 2.17. The van der Waals surface area contributed by atoms with E-state index in [0.717, 1.165) is 42.4 Å². The van der Waals surface area contributed by atoms with Crippen molar-refractivity contribution < 1.29 is 29.0 Å². The number of carboxylic acid groups (broad SMARTS) is 1.